The van der Waals surface area contributed by atoms with E-state index in [9.17, 15) is 4.79 Å². The highest BCUT2D eigenvalue weighted by Gasteiger charge is 2.19. The first-order valence-corrected chi connectivity index (χ1v) is 6.81. The topological polar surface area (TPSA) is 80.2 Å². The standard InChI is InChI=1S/C11H13N5O2S/c1-18-8-7-9(13-6-12-8)19-10(14-7)15-11(17)16-4-2-3-5-16/h6H,2-5H2,1H3,(H,14,15,17). The summed E-state index contributed by atoms with van der Waals surface area (Å²) in [7, 11) is 1.53. The molecule has 1 N–H and O–H groups in total. The molecular formula is C11H13N5O2S. The number of anilines is 1. The lowest BCUT2D eigenvalue weighted by Gasteiger charge is -2.14. The average molecular weight is 279 g/mol. The van der Waals surface area contributed by atoms with Gasteiger partial charge in [0.15, 0.2) is 15.5 Å². The van der Waals surface area contributed by atoms with Gasteiger partial charge in [0.25, 0.3) is 0 Å². The number of likely N-dealkylation sites (tertiary alicyclic amines) is 1. The first-order valence-electron chi connectivity index (χ1n) is 5.99. The number of hydrogen-bond acceptors (Lipinski definition) is 6. The summed E-state index contributed by atoms with van der Waals surface area (Å²) in [5, 5.41) is 3.31. The Labute approximate surface area is 113 Å². The van der Waals surface area contributed by atoms with E-state index < -0.39 is 0 Å². The van der Waals surface area contributed by atoms with E-state index in [1.165, 1.54) is 24.8 Å². The van der Waals surface area contributed by atoms with E-state index in [2.05, 4.69) is 20.3 Å². The van der Waals surface area contributed by atoms with Crippen LogP contribution < -0.4 is 10.1 Å². The number of methoxy groups -OCH3 is 1. The summed E-state index contributed by atoms with van der Waals surface area (Å²) in [5.74, 6) is 0.419. The van der Waals surface area contributed by atoms with Crippen molar-refractivity contribution >= 4 is 32.8 Å². The van der Waals surface area contributed by atoms with E-state index in [1.807, 2.05) is 0 Å². The first kappa shape index (κ1) is 12.1. The second kappa shape index (κ2) is 4.96. The number of nitrogens with zero attached hydrogens (tertiary/aromatic N) is 4. The average Bonchev–Trinajstić information content (AvgIpc) is 3.06. The summed E-state index contributed by atoms with van der Waals surface area (Å²) >= 11 is 1.31. The van der Waals surface area contributed by atoms with Gasteiger partial charge in [-0.2, -0.15) is 4.98 Å². The maximum absolute atomic E-state index is 12.0. The zero-order valence-electron chi connectivity index (χ0n) is 10.4. The molecule has 2 aromatic heterocycles. The molecule has 0 unspecified atom stereocenters. The summed E-state index contributed by atoms with van der Waals surface area (Å²) in [6.07, 6.45) is 3.55. The Balaban J connectivity index is 1.83. The molecule has 100 valence electrons. The van der Waals surface area contributed by atoms with Gasteiger partial charge in [0, 0.05) is 13.1 Å². The lowest BCUT2D eigenvalue weighted by atomic mass is 10.4. The smallest absolute Gasteiger partial charge is 0.323 e. The molecule has 3 rings (SSSR count). The summed E-state index contributed by atoms with van der Waals surface area (Å²) in [5.41, 5.74) is 0.576. The minimum Gasteiger partial charge on any atom is -0.479 e. The third kappa shape index (κ3) is 2.30. The van der Waals surface area contributed by atoms with Crippen molar-refractivity contribution in [1.82, 2.24) is 19.9 Å². The number of fused-ring (bicyclic) bond motifs is 1. The number of carbonyl (C=O) groups excluding carboxylic acids is 1. The van der Waals surface area contributed by atoms with Crippen LogP contribution in [-0.4, -0.2) is 46.1 Å². The fourth-order valence-corrected chi connectivity index (χ4v) is 2.82. The molecule has 1 aliphatic rings. The predicted molar refractivity (Wildman–Crippen MR) is 71.6 cm³/mol. The first-order chi connectivity index (χ1) is 9.28. The van der Waals surface area contributed by atoms with Crippen molar-refractivity contribution in [3.05, 3.63) is 6.33 Å². The predicted octanol–water partition coefficient (Wildman–Crippen LogP) is 1.72. The van der Waals surface area contributed by atoms with E-state index in [0.29, 0.717) is 21.4 Å². The molecule has 0 spiro atoms. The number of hydrogen-bond donors (Lipinski definition) is 1. The molecule has 8 heteroatoms. The van der Waals surface area contributed by atoms with Crippen LogP contribution in [0.4, 0.5) is 9.93 Å². The third-order valence-electron chi connectivity index (χ3n) is 2.96. The number of amides is 2. The van der Waals surface area contributed by atoms with Gasteiger partial charge in [-0.15, -0.1) is 0 Å². The number of ether oxygens (including phenoxy) is 1. The van der Waals surface area contributed by atoms with Crippen LogP contribution in [0.15, 0.2) is 6.33 Å². The highest BCUT2D eigenvalue weighted by molar-refractivity contribution is 7.22. The number of aromatic nitrogens is 3. The maximum Gasteiger partial charge on any atom is 0.323 e. The summed E-state index contributed by atoms with van der Waals surface area (Å²) < 4.78 is 5.12. The van der Waals surface area contributed by atoms with Crippen molar-refractivity contribution in [1.29, 1.82) is 0 Å². The monoisotopic (exact) mass is 279 g/mol. The highest BCUT2D eigenvalue weighted by Crippen LogP contribution is 2.29. The van der Waals surface area contributed by atoms with Gasteiger partial charge in [-0.1, -0.05) is 11.3 Å². The van der Waals surface area contributed by atoms with Crippen LogP contribution in [0.2, 0.25) is 0 Å². The fourth-order valence-electron chi connectivity index (χ4n) is 2.03. The number of rotatable bonds is 2. The molecular weight excluding hydrogens is 266 g/mol. The van der Waals surface area contributed by atoms with Crippen molar-refractivity contribution in [2.45, 2.75) is 12.8 Å². The number of urea groups is 1. The Kier molecular flexibility index (Phi) is 3.16. The molecule has 1 fully saturated rings. The van der Waals surface area contributed by atoms with Crippen LogP contribution in [0, 0.1) is 0 Å². The van der Waals surface area contributed by atoms with Crippen molar-refractivity contribution in [3.63, 3.8) is 0 Å². The van der Waals surface area contributed by atoms with Crippen molar-refractivity contribution in [2.75, 3.05) is 25.5 Å². The summed E-state index contributed by atoms with van der Waals surface area (Å²) in [6.45, 7) is 1.61. The summed E-state index contributed by atoms with van der Waals surface area (Å²) in [4.78, 5) is 26.8. The molecule has 0 aromatic carbocycles. The zero-order valence-corrected chi connectivity index (χ0v) is 11.2. The van der Waals surface area contributed by atoms with E-state index in [4.69, 9.17) is 4.74 Å². The van der Waals surface area contributed by atoms with Gasteiger partial charge in [0.05, 0.1) is 7.11 Å². The molecule has 0 saturated carbocycles. The summed E-state index contributed by atoms with van der Waals surface area (Å²) in [6, 6.07) is -0.108. The quantitative estimate of drug-likeness (QED) is 0.905. The molecule has 1 aliphatic heterocycles. The lowest BCUT2D eigenvalue weighted by Crippen LogP contribution is -2.32. The molecule has 1 saturated heterocycles. The molecule has 2 aromatic rings. The van der Waals surface area contributed by atoms with Crippen LogP contribution in [0.5, 0.6) is 5.88 Å². The van der Waals surface area contributed by atoms with E-state index in [0.717, 1.165) is 25.9 Å². The second-order valence-corrected chi connectivity index (χ2v) is 5.16. The minimum absolute atomic E-state index is 0.108. The van der Waals surface area contributed by atoms with E-state index >= 15 is 0 Å². The third-order valence-corrected chi connectivity index (χ3v) is 3.84. The van der Waals surface area contributed by atoms with Crippen LogP contribution in [0.1, 0.15) is 12.8 Å². The van der Waals surface area contributed by atoms with E-state index in [1.54, 1.807) is 4.90 Å². The van der Waals surface area contributed by atoms with Crippen molar-refractivity contribution in [2.24, 2.45) is 0 Å². The Morgan fingerprint density at radius 3 is 2.95 bits per heavy atom. The zero-order chi connectivity index (χ0) is 13.2. The highest BCUT2D eigenvalue weighted by atomic mass is 32.1. The number of carbonyl (C=O) groups is 1. The molecule has 7 nitrogen and oxygen atoms in total. The maximum atomic E-state index is 12.0. The molecule has 0 radical (unpaired) electrons. The van der Waals surface area contributed by atoms with Gasteiger partial charge in [0.2, 0.25) is 5.88 Å². The van der Waals surface area contributed by atoms with Crippen LogP contribution in [0.3, 0.4) is 0 Å². The van der Waals surface area contributed by atoms with Gasteiger partial charge in [-0.3, -0.25) is 5.32 Å². The SMILES string of the molecule is COc1ncnc2sc(NC(=O)N3CCCC3)nc12. The van der Waals surface area contributed by atoms with Gasteiger partial charge in [0.1, 0.15) is 6.33 Å². The Morgan fingerprint density at radius 1 is 1.42 bits per heavy atom. The molecule has 19 heavy (non-hydrogen) atoms. The lowest BCUT2D eigenvalue weighted by molar-refractivity contribution is 0.222. The Morgan fingerprint density at radius 2 is 2.21 bits per heavy atom. The molecule has 3 heterocycles. The van der Waals surface area contributed by atoms with Gasteiger partial charge in [-0.25, -0.2) is 14.8 Å². The minimum atomic E-state index is -0.108. The second-order valence-electron chi connectivity index (χ2n) is 4.18. The van der Waals surface area contributed by atoms with Crippen LogP contribution in [-0.2, 0) is 0 Å². The van der Waals surface area contributed by atoms with Crippen molar-refractivity contribution in [3.8, 4) is 5.88 Å². The molecule has 0 atom stereocenters. The van der Waals surface area contributed by atoms with E-state index in [-0.39, 0.29) is 6.03 Å². The van der Waals surface area contributed by atoms with Gasteiger partial charge in [-0.05, 0) is 12.8 Å². The molecule has 2 amide bonds. The largest absolute Gasteiger partial charge is 0.479 e. The number of thiazole rings is 1. The van der Waals surface area contributed by atoms with Gasteiger partial charge >= 0.3 is 6.03 Å². The van der Waals surface area contributed by atoms with Crippen molar-refractivity contribution < 1.29 is 9.53 Å². The Bertz CT molecular complexity index is 608. The Hall–Kier alpha value is -1.96. The van der Waals surface area contributed by atoms with Crippen LogP contribution >= 0.6 is 11.3 Å². The van der Waals surface area contributed by atoms with Gasteiger partial charge < -0.3 is 9.64 Å². The normalized spacial score (nSPS) is 14.9. The number of nitrogens with one attached hydrogen (secondary N) is 1. The molecule has 0 bridgehead atoms. The van der Waals surface area contributed by atoms with Crippen LogP contribution in [0.25, 0.3) is 10.3 Å². The fraction of sp³-hybridized carbons (Fsp3) is 0.455. The molecule has 0 aliphatic carbocycles.